The van der Waals surface area contributed by atoms with Crippen LogP contribution in [0.2, 0.25) is 0 Å². The lowest BCUT2D eigenvalue weighted by Gasteiger charge is -2.14. The first-order valence-corrected chi connectivity index (χ1v) is 10.8. The number of sulfone groups is 1. The van der Waals surface area contributed by atoms with Crippen LogP contribution < -0.4 is 5.32 Å². The van der Waals surface area contributed by atoms with Gasteiger partial charge in [-0.1, -0.05) is 17.8 Å². The van der Waals surface area contributed by atoms with E-state index in [4.69, 9.17) is 4.74 Å². The van der Waals surface area contributed by atoms with Crippen molar-refractivity contribution in [3.63, 3.8) is 0 Å². The van der Waals surface area contributed by atoms with Crippen molar-refractivity contribution >= 4 is 27.5 Å². The molecule has 1 aromatic heterocycles. The topological polar surface area (TPSA) is 103 Å². The maximum absolute atomic E-state index is 12.1. The zero-order chi connectivity index (χ0) is 18.4. The molecule has 2 rings (SSSR count). The van der Waals surface area contributed by atoms with E-state index in [0.717, 1.165) is 0 Å². The van der Waals surface area contributed by atoms with Gasteiger partial charge >= 0.3 is 0 Å². The average molecular weight is 389 g/mol. The Morgan fingerprint density at radius 3 is 2.92 bits per heavy atom. The largest absolute Gasteiger partial charge is 0.383 e. The molecule has 0 spiro atoms. The smallest absolute Gasteiger partial charge is 0.233 e. The predicted octanol–water partition coefficient (Wildman–Crippen LogP) is 0.609. The molecule has 0 aliphatic carbocycles. The van der Waals surface area contributed by atoms with Crippen molar-refractivity contribution in [3.8, 4) is 0 Å². The first-order valence-electron chi connectivity index (χ1n) is 8.05. The van der Waals surface area contributed by atoms with Gasteiger partial charge in [-0.05, 0) is 13.3 Å². The summed E-state index contributed by atoms with van der Waals surface area (Å²) >= 11 is 1.30. The predicted molar refractivity (Wildman–Crippen MR) is 96.4 cm³/mol. The lowest BCUT2D eigenvalue weighted by atomic mass is 10.1. The summed E-state index contributed by atoms with van der Waals surface area (Å²) in [4.78, 5) is 12.1. The molecule has 0 saturated carbocycles. The van der Waals surface area contributed by atoms with E-state index in [1.807, 2.05) is 4.57 Å². The lowest BCUT2D eigenvalue weighted by Crippen LogP contribution is -2.33. The number of aromatic nitrogens is 3. The molecule has 1 aliphatic rings. The van der Waals surface area contributed by atoms with Crippen molar-refractivity contribution in [2.24, 2.45) is 0 Å². The number of methoxy groups -OCH3 is 1. The zero-order valence-corrected chi connectivity index (χ0v) is 16.1. The SMILES string of the molecule is C=CCn1c(S[C@@H](C)C(=O)NCCOC)nnc1[C@@H]1CCS(=O)(=O)C1. The summed E-state index contributed by atoms with van der Waals surface area (Å²) in [5, 5.41) is 11.4. The van der Waals surface area contributed by atoms with Crippen LogP contribution in [-0.2, 0) is 25.9 Å². The Kier molecular flexibility index (Phi) is 7.03. The van der Waals surface area contributed by atoms with Crippen molar-refractivity contribution in [1.29, 1.82) is 0 Å². The van der Waals surface area contributed by atoms with Crippen molar-refractivity contribution in [3.05, 3.63) is 18.5 Å². The van der Waals surface area contributed by atoms with Crippen LogP contribution >= 0.6 is 11.8 Å². The highest BCUT2D eigenvalue weighted by atomic mass is 32.2. The molecule has 140 valence electrons. The second-order valence-corrected chi connectivity index (χ2v) is 9.42. The Morgan fingerprint density at radius 2 is 2.32 bits per heavy atom. The number of rotatable bonds is 9. The van der Waals surface area contributed by atoms with Gasteiger partial charge in [0.1, 0.15) is 5.82 Å². The molecule has 1 amide bonds. The minimum atomic E-state index is -3.01. The number of allylic oxidation sites excluding steroid dienone is 1. The Balaban J connectivity index is 2.10. The minimum Gasteiger partial charge on any atom is -0.383 e. The number of hydrogen-bond acceptors (Lipinski definition) is 7. The van der Waals surface area contributed by atoms with Crippen LogP contribution in [0.15, 0.2) is 17.8 Å². The van der Waals surface area contributed by atoms with E-state index < -0.39 is 9.84 Å². The first kappa shape index (κ1) is 19.9. The Hall–Kier alpha value is -1.39. The molecule has 8 nitrogen and oxygen atoms in total. The highest BCUT2D eigenvalue weighted by Crippen LogP contribution is 2.31. The summed E-state index contributed by atoms with van der Waals surface area (Å²) in [6, 6.07) is 0. The molecular formula is C15H24N4O4S2. The first-order chi connectivity index (χ1) is 11.9. The van der Waals surface area contributed by atoms with Crippen LogP contribution in [-0.4, -0.2) is 66.1 Å². The molecule has 25 heavy (non-hydrogen) atoms. The van der Waals surface area contributed by atoms with Gasteiger partial charge in [0.15, 0.2) is 15.0 Å². The number of nitrogens with zero attached hydrogens (tertiary/aromatic N) is 3. The van der Waals surface area contributed by atoms with Gasteiger partial charge in [-0.25, -0.2) is 8.42 Å². The Labute approximate surface area is 152 Å². The molecular weight excluding hydrogens is 364 g/mol. The molecule has 1 saturated heterocycles. The standard InChI is InChI=1S/C15H24N4O4S2/c1-4-7-19-13(12-5-9-25(21,22)10-12)17-18-15(19)24-11(2)14(20)16-6-8-23-3/h4,11-12H,1,5-10H2,2-3H3,(H,16,20)/t11-,12+/m0/s1. The van der Waals surface area contributed by atoms with E-state index in [1.54, 1.807) is 20.1 Å². The van der Waals surface area contributed by atoms with Crippen molar-refractivity contribution in [2.45, 2.75) is 36.2 Å². The summed E-state index contributed by atoms with van der Waals surface area (Å²) in [6.07, 6.45) is 2.26. The molecule has 1 N–H and O–H groups in total. The molecule has 0 unspecified atom stereocenters. The van der Waals surface area contributed by atoms with Crippen LogP contribution in [0.1, 0.15) is 25.1 Å². The highest BCUT2D eigenvalue weighted by Gasteiger charge is 2.33. The number of hydrogen-bond donors (Lipinski definition) is 1. The molecule has 0 aromatic carbocycles. The quantitative estimate of drug-likeness (QED) is 0.375. The number of carbonyl (C=O) groups is 1. The average Bonchev–Trinajstić information content (AvgIpc) is 3.11. The van der Waals surface area contributed by atoms with E-state index in [-0.39, 0.29) is 28.6 Å². The molecule has 0 bridgehead atoms. The maximum atomic E-state index is 12.1. The van der Waals surface area contributed by atoms with Gasteiger partial charge in [-0.15, -0.1) is 16.8 Å². The molecule has 1 aromatic rings. The van der Waals surface area contributed by atoms with Crippen LogP contribution in [0.3, 0.4) is 0 Å². The van der Waals surface area contributed by atoms with Crippen molar-refractivity contribution < 1.29 is 17.9 Å². The van der Waals surface area contributed by atoms with Gasteiger partial charge in [0, 0.05) is 26.1 Å². The third-order valence-electron chi connectivity index (χ3n) is 3.91. The number of amides is 1. The van der Waals surface area contributed by atoms with Crippen LogP contribution in [0.4, 0.5) is 0 Å². The number of nitrogens with one attached hydrogen (secondary N) is 1. The molecule has 2 heterocycles. The summed E-state index contributed by atoms with van der Waals surface area (Å²) in [5.74, 6) is 0.660. The van der Waals surface area contributed by atoms with E-state index in [2.05, 4.69) is 22.1 Å². The summed E-state index contributed by atoms with van der Waals surface area (Å²) in [6.45, 7) is 6.91. The second-order valence-electron chi connectivity index (χ2n) is 5.88. The summed E-state index contributed by atoms with van der Waals surface area (Å²) in [7, 11) is -1.43. The fourth-order valence-electron chi connectivity index (χ4n) is 2.62. The summed E-state index contributed by atoms with van der Waals surface area (Å²) < 4.78 is 30.2. The van der Waals surface area contributed by atoms with Gasteiger partial charge < -0.3 is 14.6 Å². The zero-order valence-electron chi connectivity index (χ0n) is 14.5. The fourth-order valence-corrected chi connectivity index (χ4v) is 5.25. The van der Waals surface area contributed by atoms with E-state index in [0.29, 0.717) is 37.1 Å². The van der Waals surface area contributed by atoms with E-state index in [1.165, 1.54) is 11.8 Å². The van der Waals surface area contributed by atoms with Gasteiger partial charge in [0.25, 0.3) is 0 Å². The van der Waals surface area contributed by atoms with Gasteiger partial charge in [-0.3, -0.25) is 4.79 Å². The van der Waals surface area contributed by atoms with Crippen molar-refractivity contribution in [1.82, 2.24) is 20.1 Å². The van der Waals surface area contributed by atoms with Crippen LogP contribution in [0, 0.1) is 0 Å². The summed E-state index contributed by atoms with van der Waals surface area (Å²) in [5.41, 5.74) is 0. The Morgan fingerprint density at radius 1 is 1.56 bits per heavy atom. The number of ether oxygens (including phenoxy) is 1. The number of thioether (sulfide) groups is 1. The maximum Gasteiger partial charge on any atom is 0.233 e. The molecule has 10 heteroatoms. The van der Waals surface area contributed by atoms with Crippen molar-refractivity contribution in [2.75, 3.05) is 31.8 Å². The molecule has 1 fully saturated rings. The lowest BCUT2D eigenvalue weighted by molar-refractivity contribution is -0.120. The van der Waals surface area contributed by atoms with Crippen LogP contribution in [0.5, 0.6) is 0 Å². The van der Waals surface area contributed by atoms with E-state index in [9.17, 15) is 13.2 Å². The normalized spacial score (nSPS) is 20.3. The monoisotopic (exact) mass is 388 g/mol. The highest BCUT2D eigenvalue weighted by molar-refractivity contribution is 8.00. The van der Waals surface area contributed by atoms with Crippen LogP contribution in [0.25, 0.3) is 0 Å². The molecule has 0 radical (unpaired) electrons. The van der Waals surface area contributed by atoms with E-state index >= 15 is 0 Å². The number of carbonyl (C=O) groups excluding carboxylic acids is 1. The fraction of sp³-hybridized carbons (Fsp3) is 0.667. The molecule has 1 aliphatic heterocycles. The minimum absolute atomic E-state index is 0.0972. The third-order valence-corrected chi connectivity index (χ3v) is 6.76. The van der Waals surface area contributed by atoms with Gasteiger partial charge in [-0.2, -0.15) is 0 Å². The third kappa shape index (κ3) is 5.29. The Bertz CT molecular complexity index is 717. The second kappa shape index (κ2) is 8.81. The van der Waals surface area contributed by atoms with Gasteiger partial charge in [0.2, 0.25) is 5.91 Å². The molecule has 2 atom stereocenters. The van der Waals surface area contributed by atoms with Gasteiger partial charge in [0.05, 0.1) is 23.4 Å².